The van der Waals surface area contributed by atoms with Gasteiger partial charge in [-0.05, 0) is 12.1 Å². The third kappa shape index (κ3) is 3.39. The van der Waals surface area contributed by atoms with Gasteiger partial charge in [-0.1, -0.05) is 23.2 Å². The van der Waals surface area contributed by atoms with E-state index in [0.29, 0.717) is 33.9 Å². The fourth-order valence-corrected chi connectivity index (χ4v) is 2.85. The standard InChI is InChI=1S/C16H14Cl2N4O3/c1-24-7-12-20-13-8(3-4-11(25-2)15(13)21-12)16(23)22-14-9(17)5-19-6-10(14)18/h3-6H,7H2,1-2H3,(H,20,21)(H,19,22,23). The Balaban J connectivity index is 2.04. The average Bonchev–Trinajstić information content (AvgIpc) is 3.01. The number of hydrogen-bond acceptors (Lipinski definition) is 5. The van der Waals surface area contributed by atoms with Crippen LogP contribution in [-0.4, -0.2) is 35.1 Å². The normalized spacial score (nSPS) is 10.9. The first-order valence-electron chi connectivity index (χ1n) is 7.20. The first kappa shape index (κ1) is 17.5. The van der Waals surface area contributed by atoms with Gasteiger partial charge in [0, 0.05) is 19.5 Å². The van der Waals surface area contributed by atoms with E-state index >= 15 is 0 Å². The molecular formula is C16H14Cl2N4O3. The molecule has 1 amide bonds. The number of halogens is 2. The van der Waals surface area contributed by atoms with Crippen molar-refractivity contribution in [2.75, 3.05) is 19.5 Å². The summed E-state index contributed by atoms with van der Waals surface area (Å²) in [5.41, 5.74) is 1.71. The van der Waals surface area contributed by atoms with Crippen LogP contribution in [0.4, 0.5) is 5.69 Å². The van der Waals surface area contributed by atoms with Gasteiger partial charge in [0.15, 0.2) is 0 Å². The van der Waals surface area contributed by atoms with Gasteiger partial charge < -0.3 is 19.8 Å². The number of hydrogen-bond donors (Lipinski definition) is 2. The van der Waals surface area contributed by atoms with Gasteiger partial charge in [-0.25, -0.2) is 4.98 Å². The fourth-order valence-electron chi connectivity index (χ4n) is 2.39. The molecule has 0 radical (unpaired) electrons. The molecule has 7 nitrogen and oxygen atoms in total. The summed E-state index contributed by atoms with van der Waals surface area (Å²) in [6, 6.07) is 3.30. The Morgan fingerprint density at radius 2 is 1.96 bits per heavy atom. The molecule has 2 N–H and O–H groups in total. The lowest BCUT2D eigenvalue weighted by Gasteiger charge is -2.10. The summed E-state index contributed by atoms with van der Waals surface area (Å²) in [4.78, 5) is 24.1. The number of aromatic amines is 1. The molecule has 1 aromatic carbocycles. The van der Waals surface area contributed by atoms with Gasteiger partial charge in [0.25, 0.3) is 5.91 Å². The maximum absolute atomic E-state index is 12.7. The molecule has 0 saturated heterocycles. The van der Waals surface area contributed by atoms with E-state index in [4.69, 9.17) is 32.7 Å². The van der Waals surface area contributed by atoms with Crippen LogP contribution in [0, 0.1) is 0 Å². The van der Waals surface area contributed by atoms with E-state index in [1.54, 1.807) is 26.4 Å². The Hall–Kier alpha value is -2.35. The molecule has 0 aliphatic carbocycles. The summed E-state index contributed by atoms with van der Waals surface area (Å²) in [5.74, 6) is 0.746. The zero-order valence-electron chi connectivity index (χ0n) is 13.4. The number of benzene rings is 1. The van der Waals surface area contributed by atoms with Crippen LogP contribution in [0.1, 0.15) is 16.2 Å². The van der Waals surface area contributed by atoms with Crippen LogP contribution >= 0.6 is 23.2 Å². The third-order valence-electron chi connectivity index (χ3n) is 3.49. The van der Waals surface area contributed by atoms with Crippen molar-refractivity contribution in [2.24, 2.45) is 0 Å². The second kappa shape index (κ2) is 7.26. The topological polar surface area (TPSA) is 89.1 Å². The van der Waals surface area contributed by atoms with Gasteiger partial charge in [-0.15, -0.1) is 0 Å². The number of nitrogens with one attached hydrogen (secondary N) is 2. The molecule has 130 valence electrons. The lowest BCUT2D eigenvalue weighted by molar-refractivity contribution is 0.102. The van der Waals surface area contributed by atoms with Crippen LogP contribution in [-0.2, 0) is 11.3 Å². The number of carbonyl (C=O) groups is 1. The van der Waals surface area contributed by atoms with E-state index in [-0.39, 0.29) is 16.7 Å². The Labute approximate surface area is 153 Å². The molecule has 3 rings (SSSR count). The minimum atomic E-state index is -0.405. The second-order valence-corrected chi connectivity index (χ2v) is 5.90. The number of pyridine rings is 1. The molecular weight excluding hydrogens is 367 g/mol. The van der Waals surface area contributed by atoms with Gasteiger partial charge in [-0.3, -0.25) is 9.78 Å². The highest BCUT2D eigenvalue weighted by Crippen LogP contribution is 2.31. The molecule has 0 bridgehead atoms. The maximum atomic E-state index is 12.7. The number of rotatable bonds is 5. The molecule has 0 spiro atoms. The van der Waals surface area contributed by atoms with Crippen LogP contribution in [0.25, 0.3) is 11.0 Å². The third-order valence-corrected chi connectivity index (χ3v) is 4.07. The number of methoxy groups -OCH3 is 2. The van der Waals surface area contributed by atoms with Gasteiger partial charge in [-0.2, -0.15) is 0 Å². The zero-order chi connectivity index (χ0) is 18.0. The number of fused-ring (bicyclic) bond motifs is 1. The number of amides is 1. The summed E-state index contributed by atoms with van der Waals surface area (Å²) < 4.78 is 10.4. The van der Waals surface area contributed by atoms with Gasteiger partial charge >= 0.3 is 0 Å². The van der Waals surface area contributed by atoms with Gasteiger partial charge in [0.1, 0.15) is 29.2 Å². The predicted octanol–water partition coefficient (Wildman–Crippen LogP) is 3.67. The van der Waals surface area contributed by atoms with Crippen LogP contribution in [0.3, 0.4) is 0 Å². The van der Waals surface area contributed by atoms with E-state index in [2.05, 4.69) is 20.3 Å². The molecule has 2 aromatic heterocycles. The van der Waals surface area contributed by atoms with Gasteiger partial charge in [0.05, 0.1) is 28.4 Å². The van der Waals surface area contributed by atoms with Crippen molar-refractivity contribution in [3.63, 3.8) is 0 Å². The van der Waals surface area contributed by atoms with E-state index in [1.165, 1.54) is 12.4 Å². The Morgan fingerprint density at radius 3 is 2.60 bits per heavy atom. The number of ether oxygens (including phenoxy) is 2. The van der Waals surface area contributed by atoms with Crippen molar-refractivity contribution in [3.8, 4) is 5.75 Å². The number of imidazole rings is 1. The Bertz CT molecular complexity index is 922. The van der Waals surface area contributed by atoms with Crippen molar-refractivity contribution >= 4 is 45.8 Å². The smallest absolute Gasteiger partial charge is 0.258 e. The van der Waals surface area contributed by atoms with Crippen LogP contribution in [0.15, 0.2) is 24.5 Å². The minimum absolute atomic E-state index is 0.243. The SMILES string of the molecule is COCc1nc2c(C(=O)Nc3c(Cl)cncc3Cl)ccc(OC)c2[nH]1. The number of aromatic nitrogens is 3. The summed E-state index contributed by atoms with van der Waals surface area (Å²) in [5, 5.41) is 3.18. The molecule has 0 atom stereocenters. The lowest BCUT2D eigenvalue weighted by atomic mass is 10.1. The molecule has 0 saturated carbocycles. The van der Waals surface area contributed by atoms with Crippen molar-refractivity contribution < 1.29 is 14.3 Å². The molecule has 0 fully saturated rings. The molecule has 0 aliphatic rings. The molecule has 0 aliphatic heterocycles. The molecule has 3 aromatic rings. The first-order valence-corrected chi connectivity index (χ1v) is 7.95. The van der Waals surface area contributed by atoms with Crippen molar-refractivity contribution in [3.05, 3.63) is 46.0 Å². The Morgan fingerprint density at radius 1 is 1.24 bits per heavy atom. The summed E-state index contributed by atoms with van der Waals surface area (Å²) in [6.07, 6.45) is 2.80. The van der Waals surface area contributed by atoms with Crippen LogP contribution < -0.4 is 10.1 Å². The lowest BCUT2D eigenvalue weighted by Crippen LogP contribution is -2.13. The van der Waals surface area contributed by atoms with Crippen molar-refractivity contribution in [1.29, 1.82) is 0 Å². The maximum Gasteiger partial charge on any atom is 0.258 e. The number of nitrogens with zero attached hydrogens (tertiary/aromatic N) is 2. The van der Waals surface area contributed by atoms with Gasteiger partial charge in [0.2, 0.25) is 0 Å². The zero-order valence-corrected chi connectivity index (χ0v) is 14.9. The van der Waals surface area contributed by atoms with E-state index in [1.807, 2.05) is 0 Å². The minimum Gasteiger partial charge on any atom is -0.494 e. The largest absolute Gasteiger partial charge is 0.494 e. The number of anilines is 1. The number of H-pyrrole nitrogens is 1. The quantitative estimate of drug-likeness (QED) is 0.704. The molecule has 2 heterocycles. The summed E-state index contributed by atoms with van der Waals surface area (Å²) >= 11 is 12.1. The molecule has 9 heteroatoms. The predicted molar refractivity (Wildman–Crippen MR) is 95.6 cm³/mol. The van der Waals surface area contributed by atoms with Crippen molar-refractivity contribution in [1.82, 2.24) is 15.0 Å². The van der Waals surface area contributed by atoms with Crippen LogP contribution in [0.5, 0.6) is 5.75 Å². The number of carbonyl (C=O) groups excluding carboxylic acids is 1. The monoisotopic (exact) mass is 380 g/mol. The average molecular weight is 381 g/mol. The van der Waals surface area contributed by atoms with E-state index < -0.39 is 5.91 Å². The highest BCUT2D eigenvalue weighted by Gasteiger charge is 2.19. The fraction of sp³-hybridized carbons (Fsp3) is 0.188. The van der Waals surface area contributed by atoms with E-state index in [9.17, 15) is 4.79 Å². The molecule has 25 heavy (non-hydrogen) atoms. The highest BCUT2D eigenvalue weighted by atomic mass is 35.5. The highest BCUT2D eigenvalue weighted by molar-refractivity contribution is 6.39. The van der Waals surface area contributed by atoms with Crippen molar-refractivity contribution in [2.45, 2.75) is 6.61 Å². The first-order chi connectivity index (χ1) is 12.0. The Kier molecular flexibility index (Phi) is 5.08. The second-order valence-electron chi connectivity index (χ2n) is 5.09. The van der Waals surface area contributed by atoms with E-state index in [0.717, 1.165) is 0 Å². The van der Waals surface area contributed by atoms with Crippen LogP contribution in [0.2, 0.25) is 10.0 Å². The summed E-state index contributed by atoms with van der Waals surface area (Å²) in [7, 11) is 3.10. The summed E-state index contributed by atoms with van der Waals surface area (Å²) in [6.45, 7) is 0.279. The molecule has 0 unspecified atom stereocenters.